The van der Waals surface area contributed by atoms with Gasteiger partial charge in [0, 0.05) is 17.9 Å². The van der Waals surface area contributed by atoms with Crippen LogP contribution in [0.15, 0.2) is 0 Å². The summed E-state index contributed by atoms with van der Waals surface area (Å²) in [5.74, 6) is -0.711. The van der Waals surface area contributed by atoms with Crippen LogP contribution in [0.2, 0.25) is 0 Å². The minimum Gasteiger partial charge on any atom is -0.464 e. The highest BCUT2D eigenvalue weighted by atomic mass is 16.7. The average molecular weight is 340 g/mol. The normalized spacial score (nSPS) is 54.4. The molecule has 7 heteroatoms. The van der Waals surface area contributed by atoms with E-state index < -0.39 is 34.8 Å². The molecule has 4 aliphatic rings. The summed E-state index contributed by atoms with van der Waals surface area (Å²) in [5, 5.41) is 21.4. The van der Waals surface area contributed by atoms with Gasteiger partial charge in [-0.1, -0.05) is 13.8 Å². The first-order chi connectivity index (χ1) is 11.3. The highest BCUT2D eigenvalue weighted by Crippen LogP contribution is 2.72. The second-order valence-electron chi connectivity index (χ2n) is 7.98. The molecule has 24 heavy (non-hydrogen) atoms. The number of aliphatic hydroxyl groups excluding tert-OH is 2. The van der Waals surface area contributed by atoms with Gasteiger partial charge in [-0.05, 0) is 25.2 Å². The van der Waals surface area contributed by atoms with E-state index in [0.717, 1.165) is 0 Å². The molecule has 1 aliphatic carbocycles. The highest BCUT2D eigenvalue weighted by molar-refractivity contribution is 5.84. The van der Waals surface area contributed by atoms with Gasteiger partial charge in [-0.15, -0.1) is 0 Å². The van der Waals surface area contributed by atoms with Crippen molar-refractivity contribution in [2.45, 2.75) is 57.2 Å². The number of aldehydes is 1. The zero-order valence-corrected chi connectivity index (χ0v) is 13.9. The van der Waals surface area contributed by atoms with Gasteiger partial charge in [0.25, 0.3) is 0 Å². The van der Waals surface area contributed by atoms with E-state index in [9.17, 15) is 19.8 Å². The van der Waals surface area contributed by atoms with Gasteiger partial charge in [0.15, 0.2) is 11.9 Å². The van der Waals surface area contributed by atoms with Crippen LogP contribution in [0, 0.1) is 22.7 Å². The molecule has 7 nitrogen and oxygen atoms in total. The maximum atomic E-state index is 13.0. The maximum absolute atomic E-state index is 13.0. The third kappa shape index (κ3) is 1.53. The summed E-state index contributed by atoms with van der Waals surface area (Å²) in [4.78, 5) is 24.5. The van der Waals surface area contributed by atoms with E-state index in [1.807, 2.05) is 13.8 Å². The fraction of sp³-hybridized carbons (Fsp3) is 0.882. The standard InChI is InChI=1S/C17H24O7/c1-9-8-23-10-6-15(2)16(11(19)7-18)4-3-5-22-14(21)17(15,12(9)10)24-13(16)20/h7,9-13,19-20H,3-6,8H2,1-2H3/t9-,10?,11+,12?,13?,15?,16?,17?/m1/s1. The number of hydrogen-bond acceptors (Lipinski definition) is 7. The van der Waals surface area contributed by atoms with Crippen molar-refractivity contribution in [1.29, 1.82) is 0 Å². The number of fused-ring (bicyclic) bond motifs is 1. The fourth-order valence-corrected chi connectivity index (χ4v) is 6.10. The molecule has 0 spiro atoms. The summed E-state index contributed by atoms with van der Waals surface area (Å²) in [6.07, 6.45) is -1.34. The first kappa shape index (κ1) is 16.4. The van der Waals surface area contributed by atoms with Crippen LogP contribution in [0.4, 0.5) is 0 Å². The number of hydrogen-bond donors (Lipinski definition) is 2. The molecule has 0 aromatic carbocycles. The first-order valence-electron chi connectivity index (χ1n) is 8.63. The zero-order valence-electron chi connectivity index (χ0n) is 13.9. The van der Waals surface area contributed by atoms with Crippen molar-refractivity contribution in [1.82, 2.24) is 0 Å². The van der Waals surface area contributed by atoms with Crippen molar-refractivity contribution in [2.75, 3.05) is 13.2 Å². The Kier molecular flexibility index (Phi) is 3.43. The van der Waals surface area contributed by atoms with Gasteiger partial charge in [0.05, 0.1) is 18.1 Å². The second kappa shape index (κ2) is 5.00. The number of carbonyl (C=O) groups is 2. The van der Waals surface area contributed by atoms with Gasteiger partial charge < -0.3 is 29.2 Å². The summed E-state index contributed by atoms with van der Waals surface area (Å²) in [5.41, 5.74) is -3.57. The molecule has 3 aliphatic heterocycles. The lowest BCUT2D eigenvalue weighted by Crippen LogP contribution is -2.61. The molecule has 2 N–H and O–H groups in total. The monoisotopic (exact) mass is 340 g/mol. The summed E-state index contributed by atoms with van der Waals surface area (Å²) in [6.45, 7) is 4.52. The number of ether oxygens (including phenoxy) is 3. The Bertz CT molecular complexity index is 579. The van der Waals surface area contributed by atoms with E-state index in [2.05, 4.69) is 0 Å². The van der Waals surface area contributed by atoms with Crippen LogP contribution in [0.5, 0.6) is 0 Å². The van der Waals surface area contributed by atoms with Crippen molar-refractivity contribution in [3.63, 3.8) is 0 Å². The van der Waals surface area contributed by atoms with Crippen LogP contribution in [0.3, 0.4) is 0 Å². The Morgan fingerprint density at radius 3 is 2.88 bits per heavy atom. The second-order valence-corrected chi connectivity index (χ2v) is 7.98. The Morgan fingerprint density at radius 1 is 1.42 bits per heavy atom. The lowest BCUT2D eigenvalue weighted by Gasteiger charge is -2.49. The van der Waals surface area contributed by atoms with Crippen molar-refractivity contribution < 1.29 is 34.0 Å². The van der Waals surface area contributed by atoms with Crippen LogP contribution >= 0.6 is 0 Å². The van der Waals surface area contributed by atoms with E-state index in [1.54, 1.807) is 0 Å². The maximum Gasteiger partial charge on any atom is 0.339 e. The van der Waals surface area contributed by atoms with Crippen LogP contribution < -0.4 is 0 Å². The summed E-state index contributed by atoms with van der Waals surface area (Å²) >= 11 is 0. The van der Waals surface area contributed by atoms with E-state index in [1.165, 1.54) is 0 Å². The molecule has 4 fully saturated rings. The van der Waals surface area contributed by atoms with Gasteiger partial charge >= 0.3 is 5.97 Å². The molecular formula is C17H24O7. The van der Waals surface area contributed by atoms with Crippen LogP contribution in [-0.2, 0) is 23.8 Å². The first-order valence-corrected chi connectivity index (χ1v) is 8.63. The Hall–Kier alpha value is -1.02. The van der Waals surface area contributed by atoms with E-state index in [-0.39, 0.29) is 24.5 Å². The van der Waals surface area contributed by atoms with Crippen LogP contribution in [-0.4, -0.2) is 59.8 Å². The highest BCUT2D eigenvalue weighted by Gasteiger charge is 2.83. The molecule has 4 rings (SSSR count). The van der Waals surface area contributed by atoms with Gasteiger partial charge in [-0.3, -0.25) is 0 Å². The van der Waals surface area contributed by atoms with E-state index in [4.69, 9.17) is 14.2 Å². The number of rotatable bonds is 2. The van der Waals surface area contributed by atoms with Crippen LogP contribution in [0.1, 0.15) is 33.1 Å². The number of cyclic esters (lactones) is 1. The summed E-state index contributed by atoms with van der Waals surface area (Å²) < 4.78 is 17.3. The Morgan fingerprint density at radius 2 is 2.17 bits per heavy atom. The quantitative estimate of drug-likeness (QED) is 0.539. The Labute approximate surface area is 140 Å². The predicted octanol–water partition coefficient (Wildman–Crippen LogP) is 0.0181. The number of carbonyl (C=O) groups excluding carboxylic acids is 2. The van der Waals surface area contributed by atoms with Gasteiger partial charge in [-0.25, -0.2) is 4.79 Å². The van der Waals surface area contributed by atoms with Gasteiger partial charge in [0.2, 0.25) is 0 Å². The topological polar surface area (TPSA) is 102 Å². The van der Waals surface area contributed by atoms with Crippen molar-refractivity contribution in [3.8, 4) is 0 Å². The molecule has 3 saturated heterocycles. The van der Waals surface area contributed by atoms with Crippen molar-refractivity contribution in [3.05, 3.63) is 0 Å². The molecule has 3 heterocycles. The van der Waals surface area contributed by atoms with Gasteiger partial charge in [0.1, 0.15) is 12.4 Å². The molecule has 2 bridgehead atoms. The van der Waals surface area contributed by atoms with E-state index in [0.29, 0.717) is 32.2 Å². The van der Waals surface area contributed by atoms with Gasteiger partial charge in [-0.2, -0.15) is 0 Å². The SMILES string of the molecule is C[C@@H]1COC2CC3(C)C4(OC(O)C3([C@@H](O)C=O)CCCOC4=O)C21. The molecule has 0 amide bonds. The van der Waals surface area contributed by atoms with Crippen LogP contribution in [0.25, 0.3) is 0 Å². The molecule has 8 atom stereocenters. The lowest BCUT2D eigenvalue weighted by atomic mass is 9.53. The molecular weight excluding hydrogens is 316 g/mol. The molecule has 1 saturated carbocycles. The van der Waals surface area contributed by atoms with Crippen molar-refractivity contribution >= 4 is 12.3 Å². The molecule has 0 aromatic rings. The number of esters is 1. The molecule has 0 radical (unpaired) electrons. The zero-order chi connectivity index (χ0) is 17.3. The summed E-state index contributed by atoms with van der Waals surface area (Å²) in [7, 11) is 0. The van der Waals surface area contributed by atoms with E-state index >= 15 is 0 Å². The average Bonchev–Trinajstić information content (AvgIpc) is 3.09. The largest absolute Gasteiger partial charge is 0.464 e. The summed E-state index contributed by atoms with van der Waals surface area (Å²) in [6, 6.07) is 0. The number of aliphatic hydroxyl groups is 2. The smallest absolute Gasteiger partial charge is 0.339 e. The Balaban J connectivity index is 1.96. The fourth-order valence-electron chi connectivity index (χ4n) is 6.10. The molecule has 0 aromatic heterocycles. The minimum absolute atomic E-state index is 0.0557. The third-order valence-corrected chi connectivity index (χ3v) is 7.18. The predicted molar refractivity (Wildman–Crippen MR) is 79.6 cm³/mol. The third-order valence-electron chi connectivity index (χ3n) is 7.18. The molecule has 6 unspecified atom stereocenters. The molecule has 134 valence electrons. The van der Waals surface area contributed by atoms with Crippen molar-refractivity contribution in [2.24, 2.45) is 22.7 Å². The lowest BCUT2D eigenvalue weighted by molar-refractivity contribution is -0.210. The minimum atomic E-state index is -1.42.